The van der Waals surface area contributed by atoms with Crippen LogP contribution in [-0.2, 0) is 4.74 Å². The predicted octanol–water partition coefficient (Wildman–Crippen LogP) is 1.88. The molecule has 1 aromatic heterocycles. The zero-order valence-corrected chi connectivity index (χ0v) is 7.92. The number of carbonyl (C=O) groups is 1. The van der Waals surface area contributed by atoms with Crippen LogP contribution in [0.15, 0.2) is 12.1 Å². The molecule has 4 heteroatoms. The van der Waals surface area contributed by atoms with Crippen LogP contribution in [0.1, 0.15) is 11.4 Å². The lowest BCUT2D eigenvalue weighted by atomic mass is 10.3. The molecular formula is C9H12N2O2. The number of aromatic nitrogens is 1. The Morgan fingerprint density at radius 2 is 1.92 bits per heavy atom. The first-order chi connectivity index (χ1) is 6.11. The molecule has 0 aliphatic heterocycles. The smallest absolute Gasteiger partial charge is 0.411 e. The van der Waals surface area contributed by atoms with E-state index >= 15 is 0 Å². The van der Waals surface area contributed by atoms with Crippen LogP contribution in [-0.4, -0.2) is 18.2 Å². The van der Waals surface area contributed by atoms with E-state index in [-0.39, 0.29) is 0 Å². The Balaban J connectivity index is 2.83. The van der Waals surface area contributed by atoms with Crippen molar-refractivity contribution in [3.8, 4) is 0 Å². The molecule has 1 aromatic rings. The van der Waals surface area contributed by atoms with Gasteiger partial charge in [0.2, 0.25) is 0 Å². The zero-order valence-electron chi connectivity index (χ0n) is 7.92. The van der Waals surface area contributed by atoms with Gasteiger partial charge in [0.15, 0.2) is 0 Å². The molecule has 4 nitrogen and oxygen atoms in total. The van der Waals surface area contributed by atoms with Crippen LogP contribution < -0.4 is 5.32 Å². The van der Waals surface area contributed by atoms with Crippen molar-refractivity contribution in [3.05, 3.63) is 23.5 Å². The van der Waals surface area contributed by atoms with Crippen molar-refractivity contribution in [2.45, 2.75) is 13.8 Å². The fourth-order valence-corrected chi connectivity index (χ4v) is 1.08. The van der Waals surface area contributed by atoms with Gasteiger partial charge in [-0.2, -0.15) is 0 Å². The lowest BCUT2D eigenvalue weighted by molar-refractivity contribution is 0.187. The van der Waals surface area contributed by atoms with E-state index < -0.39 is 6.09 Å². The van der Waals surface area contributed by atoms with Crippen molar-refractivity contribution in [1.29, 1.82) is 0 Å². The highest BCUT2D eigenvalue weighted by Crippen LogP contribution is 2.10. The highest BCUT2D eigenvalue weighted by molar-refractivity contribution is 5.84. The van der Waals surface area contributed by atoms with Crippen LogP contribution in [0.3, 0.4) is 0 Å². The number of ether oxygens (including phenoxy) is 1. The zero-order chi connectivity index (χ0) is 9.84. The molecule has 0 atom stereocenters. The Hall–Kier alpha value is -1.58. The second-order valence-electron chi connectivity index (χ2n) is 2.76. The fourth-order valence-electron chi connectivity index (χ4n) is 1.08. The first-order valence-corrected chi connectivity index (χ1v) is 3.92. The van der Waals surface area contributed by atoms with E-state index in [0.717, 1.165) is 11.4 Å². The van der Waals surface area contributed by atoms with E-state index in [0.29, 0.717) is 5.69 Å². The van der Waals surface area contributed by atoms with Crippen LogP contribution in [0.5, 0.6) is 0 Å². The van der Waals surface area contributed by atoms with Gasteiger partial charge in [-0.3, -0.25) is 10.3 Å². The molecule has 0 radical (unpaired) electrons. The minimum absolute atomic E-state index is 0.468. The van der Waals surface area contributed by atoms with Gasteiger partial charge in [0.25, 0.3) is 0 Å². The Bertz CT molecular complexity index is 303. The summed E-state index contributed by atoms with van der Waals surface area (Å²) in [6, 6.07) is 3.56. The molecule has 0 aliphatic rings. The van der Waals surface area contributed by atoms with E-state index in [1.807, 2.05) is 13.8 Å². The molecule has 0 saturated heterocycles. The van der Waals surface area contributed by atoms with Crippen molar-refractivity contribution in [2.24, 2.45) is 0 Å². The summed E-state index contributed by atoms with van der Waals surface area (Å²) in [4.78, 5) is 15.0. The molecule has 13 heavy (non-hydrogen) atoms. The number of hydrogen-bond acceptors (Lipinski definition) is 3. The highest BCUT2D eigenvalue weighted by atomic mass is 16.5. The quantitative estimate of drug-likeness (QED) is 0.717. The van der Waals surface area contributed by atoms with Gasteiger partial charge in [-0.25, -0.2) is 4.79 Å². The van der Waals surface area contributed by atoms with Gasteiger partial charge in [-0.15, -0.1) is 0 Å². The number of nitrogens with one attached hydrogen (secondary N) is 1. The predicted molar refractivity (Wildman–Crippen MR) is 49.7 cm³/mol. The van der Waals surface area contributed by atoms with E-state index in [9.17, 15) is 4.79 Å². The Kier molecular flexibility index (Phi) is 2.84. The second kappa shape index (κ2) is 3.89. The maximum Gasteiger partial charge on any atom is 0.411 e. The Labute approximate surface area is 76.9 Å². The van der Waals surface area contributed by atoms with Gasteiger partial charge in [0.1, 0.15) is 0 Å². The molecular weight excluding hydrogens is 168 g/mol. The molecule has 1 heterocycles. The Morgan fingerprint density at radius 3 is 2.38 bits per heavy atom. The van der Waals surface area contributed by atoms with E-state index in [1.165, 1.54) is 7.11 Å². The van der Waals surface area contributed by atoms with E-state index in [4.69, 9.17) is 0 Å². The van der Waals surface area contributed by atoms with Crippen LogP contribution in [0.2, 0.25) is 0 Å². The summed E-state index contributed by atoms with van der Waals surface area (Å²) in [5.41, 5.74) is 2.44. The molecule has 0 fully saturated rings. The number of nitrogens with zero attached hydrogens (tertiary/aromatic N) is 1. The molecule has 0 unspecified atom stereocenters. The molecule has 0 saturated carbocycles. The number of amides is 1. The number of rotatable bonds is 1. The molecule has 0 spiro atoms. The third-order valence-corrected chi connectivity index (χ3v) is 1.51. The topological polar surface area (TPSA) is 51.2 Å². The van der Waals surface area contributed by atoms with E-state index in [1.54, 1.807) is 12.1 Å². The molecule has 1 N–H and O–H groups in total. The van der Waals surface area contributed by atoms with Gasteiger partial charge >= 0.3 is 6.09 Å². The summed E-state index contributed by atoms with van der Waals surface area (Å²) < 4.78 is 4.46. The molecule has 0 aromatic carbocycles. The fraction of sp³-hybridized carbons (Fsp3) is 0.333. The third-order valence-electron chi connectivity index (χ3n) is 1.51. The molecule has 0 bridgehead atoms. The minimum atomic E-state index is -0.468. The minimum Gasteiger partial charge on any atom is -0.453 e. The molecule has 1 rings (SSSR count). The number of anilines is 1. The average Bonchev–Trinajstić information content (AvgIpc) is 2.02. The van der Waals surface area contributed by atoms with Gasteiger partial charge in [-0.05, 0) is 26.0 Å². The highest BCUT2D eigenvalue weighted by Gasteiger charge is 2.01. The van der Waals surface area contributed by atoms with Crippen molar-refractivity contribution >= 4 is 11.8 Å². The lowest BCUT2D eigenvalue weighted by Crippen LogP contribution is -2.11. The summed E-state index contributed by atoms with van der Waals surface area (Å²) in [5, 5.41) is 2.57. The van der Waals surface area contributed by atoms with Crippen molar-refractivity contribution in [2.75, 3.05) is 12.4 Å². The number of methoxy groups -OCH3 is 1. The maximum atomic E-state index is 10.9. The number of hydrogen-bond donors (Lipinski definition) is 1. The first kappa shape index (κ1) is 9.51. The van der Waals surface area contributed by atoms with E-state index in [2.05, 4.69) is 15.0 Å². The average molecular weight is 180 g/mol. The Morgan fingerprint density at radius 1 is 1.38 bits per heavy atom. The molecule has 70 valence electrons. The van der Waals surface area contributed by atoms with Crippen molar-refractivity contribution in [1.82, 2.24) is 4.98 Å². The van der Waals surface area contributed by atoms with Gasteiger partial charge in [-0.1, -0.05) is 0 Å². The van der Waals surface area contributed by atoms with Crippen molar-refractivity contribution in [3.63, 3.8) is 0 Å². The van der Waals surface area contributed by atoms with Crippen LogP contribution in [0.25, 0.3) is 0 Å². The van der Waals surface area contributed by atoms with Gasteiger partial charge < -0.3 is 4.74 Å². The maximum absolute atomic E-state index is 10.9. The molecule has 0 aliphatic carbocycles. The monoisotopic (exact) mass is 180 g/mol. The summed E-state index contributed by atoms with van der Waals surface area (Å²) >= 11 is 0. The van der Waals surface area contributed by atoms with Crippen LogP contribution in [0, 0.1) is 13.8 Å². The number of pyridine rings is 1. The standard InChI is InChI=1S/C9H12N2O2/c1-6-4-8(5-7(2)10-6)11-9(12)13-3/h4-5H,1-3H3,(H,10,11,12). The lowest BCUT2D eigenvalue weighted by Gasteiger charge is -2.04. The van der Waals surface area contributed by atoms with Gasteiger partial charge in [0, 0.05) is 17.1 Å². The number of aryl methyl sites for hydroxylation is 2. The summed E-state index contributed by atoms with van der Waals surface area (Å²) in [5.74, 6) is 0. The second-order valence-corrected chi connectivity index (χ2v) is 2.76. The van der Waals surface area contributed by atoms with Crippen LogP contribution in [0.4, 0.5) is 10.5 Å². The summed E-state index contributed by atoms with van der Waals surface area (Å²) in [6.45, 7) is 3.74. The SMILES string of the molecule is COC(=O)Nc1cc(C)nc(C)c1. The third kappa shape index (κ3) is 2.74. The van der Waals surface area contributed by atoms with Gasteiger partial charge in [0.05, 0.1) is 7.11 Å². The normalized spacial score (nSPS) is 9.46. The van der Waals surface area contributed by atoms with Crippen LogP contribution >= 0.6 is 0 Å². The largest absolute Gasteiger partial charge is 0.453 e. The molecule has 1 amide bonds. The summed E-state index contributed by atoms with van der Waals surface area (Å²) in [7, 11) is 1.33. The summed E-state index contributed by atoms with van der Waals surface area (Å²) in [6.07, 6.45) is -0.468. The first-order valence-electron chi connectivity index (χ1n) is 3.92. The van der Waals surface area contributed by atoms with Crippen molar-refractivity contribution < 1.29 is 9.53 Å². The number of carbonyl (C=O) groups excluding carboxylic acids is 1.